The van der Waals surface area contributed by atoms with Gasteiger partial charge in [-0.15, -0.1) is 11.3 Å². The van der Waals surface area contributed by atoms with Crippen LogP contribution in [0.25, 0.3) is 10.2 Å². The van der Waals surface area contributed by atoms with Gasteiger partial charge in [0.1, 0.15) is 11.2 Å². The number of rotatable bonds is 7. The van der Waals surface area contributed by atoms with Crippen LogP contribution in [0.3, 0.4) is 0 Å². The first-order chi connectivity index (χ1) is 15.1. The van der Waals surface area contributed by atoms with Gasteiger partial charge in [-0.1, -0.05) is 32.1 Å². The summed E-state index contributed by atoms with van der Waals surface area (Å²) >= 11 is 1.47. The van der Waals surface area contributed by atoms with E-state index in [2.05, 4.69) is 15.0 Å². The topological polar surface area (TPSA) is 68.2 Å². The van der Waals surface area contributed by atoms with Crippen molar-refractivity contribution >= 4 is 27.5 Å². The second-order valence-corrected chi connectivity index (χ2v) is 9.47. The van der Waals surface area contributed by atoms with E-state index in [1.165, 1.54) is 49.9 Å². The highest BCUT2D eigenvalue weighted by atomic mass is 32.1. The third kappa shape index (κ3) is 4.87. The molecule has 4 rings (SSSR count). The van der Waals surface area contributed by atoms with Crippen LogP contribution < -0.4 is 4.74 Å². The van der Waals surface area contributed by atoms with Crippen LogP contribution in [0.2, 0.25) is 0 Å². The molecule has 1 aliphatic rings. The maximum absolute atomic E-state index is 13.3. The fraction of sp³-hybridized carbons (Fsp3) is 0.500. The Morgan fingerprint density at radius 1 is 1.23 bits per heavy atom. The molecular weight excluding hydrogens is 408 g/mol. The minimum absolute atomic E-state index is 0.00881. The first-order valence-corrected chi connectivity index (χ1v) is 11.9. The molecule has 3 heterocycles. The van der Waals surface area contributed by atoms with Crippen LogP contribution in [0.5, 0.6) is 5.88 Å². The SMILES string of the molecule is COc1cc(CN(C)C(=O)c2sc3ncnc(CCC4CCCCC4)c3c2C)ccn1. The molecule has 6 nitrogen and oxygen atoms in total. The number of aryl methyl sites for hydroxylation is 2. The summed E-state index contributed by atoms with van der Waals surface area (Å²) in [6.45, 7) is 2.52. The molecule has 0 atom stereocenters. The molecule has 0 spiro atoms. The summed E-state index contributed by atoms with van der Waals surface area (Å²) in [5.41, 5.74) is 3.07. The van der Waals surface area contributed by atoms with Gasteiger partial charge >= 0.3 is 0 Å². The minimum atomic E-state index is 0.00881. The largest absolute Gasteiger partial charge is 0.481 e. The summed E-state index contributed by atoms with van der Waals surface area (Å²) in [4.78, 5) is 29.9. The number of pyridine rings is 1. The van der Waals surface area contributed by atoms with E-state index < -0.39 is 0 Å². The molecule has 164 valence electrons. The van der Waals surface area contributed by atoms with Gasteiger partial charge in [0.25, 0.3) is 5.91 Å². The van der Waals surface area contributed by atoms with Crippen LogP contribution in [-0.2, 0) is 13.0 Å². The molecule has 0 bridgehead atoms. The Morgan fingerprint density at radius 2 is 2.03 bits per heavy atom. The number of hydrogen-bond donors (Lipinski definition) is 0. The molecule has 1 amide bonds. The van der Waals surface area contributed by atoms with Crippen LogP contribution in [0.1, 0.15) is 65.0 Å². The van der Waals surface area contributed by atoms with E-state index in [0.29, 0.717) is 12.4 Å². The number of amides is 1. The molecule has 3 aromatic heterocycles. The first-order valence-electron chi connectivity index (χ1n) is 11.0. The summed E-state index contributed by atoms with van der Waals surface area (Å²) in [5, 5.41) is 1.07. The van der Waals surface area contributed by atoms with E-state index in [0.717, 1.165) is 44.3 Å². The molecule has 0 aliphatic heterocycles. The number of carbonyl (C=O) groups is 1. The number of nitrogens with zero attached hydrogens (tertiary/aromatic N) is 4. The maximum Gasteiger partial charge on any atom is 0.264 e. The zero-order chi connectivity index (χ0) is 21.8. The Bertz CT molecular complexity index is 1060. The molecule has 31 heavy (non-hydrogen) atoms. The van der Waals surface area contributed by atoms with Crippen molar-refractivity contribution in [1.29, 1.82) is 0 Å². The Morgan fingerprint density at radius 3 is 2.81 bits per heavy atom. The van der Waals surface area contributed by atoms with Crippen LogP contribution in [0.4, 0.5) is 0 Å². The number of aromatic nitrogens is 3. The van der Waals surface area contributed by atoms with Crippen molar-refractivity contribution in [3.63, 3.8) is 0 Å². The van der Waals surface area contributed by atoms with Crippen LogP contribution >= 0.6 is 11.3 Å². The molecular formula is C24H30N4O2S. The summed E-state index contributed by atoms with van der Waals surface area (Å²) in [6, 6.07) is 3.76. The molecule has 0 aromatic carbocycles. The summed E-state index contributed by atoms with van der Waals surface area (Å²) < 4.78 is 5.19. The molecule has 0 N–H and O–H groups in total. The van der Waals surface area contributed by atoms with Gasteiger partial charge in [-0.3, -0.25) is 4.79 Å². The zero-order valence-corrected chi connectivity index (χ0v) is 19.4. The van der Waals surface area contributed by atoms with E-state index in [-0.39, 0.29) is 5.91 Å². The lowest BCUT2D eigenvalue weighted by molar-refractivity contribution is 0.0789. The van der Waals surface area contributed by atoms with Crippen LogP contribution in [0, 0.1) is 12.8 Å². The summed E-state index contributed by atoms with van der Waals surface area (Å²) in [7, 11) is 3.42. The van der Waals surface area contributed by atoms with Gasteiger partial charge in [-0.2, -0.15) is 0 Å². The normalized spacial score (nSPS) is 14.7. The van der Waals surface area contributed by atoms with Gasteiger partial charge in [0.15, 0.2) is 0 Å². The average molecular weight is 439 g/mol. The summed E-state index contributed by atoms with van der Waals surface area (Å²) in [5.74, 6) is 1.37. The van der Waals surface area contributed by atoms with E-state index in [1.807, 2.05) is 26.1 Å². The molecule has 0 saturated heterocycles. The number of methoxy groups -OCH3 is 1. The summed E-state index contributed by atoms with van der Waals surface area (Å²) in [6.07, 6.45) is 12.3. The third-order valence-corrected chi connectivity index (χ3v) is 7.48. The molecule has 7 heteroatoms. The lowest BCUT2D eigenvalue weighted by Crippen LogP contribution is -2.26. The number of carbonyl (C=O) groups excluding carboxylic acids is 1. The van der Waals surface area contributed by atoms with E-state index >= 15 is 0 Å². The predicted octanol–water partition coefficient (Wildman–Crippen LogP) is 5.19. The number of ether oxygens (including phenoxy) is 1. The Hall–Kier alpha value is -2.54. The lowest BCUT2D eigenvalue weighted by atomic mass is 9.85. The minimum Gasteiger partial charge on any atom is -0.481 e. The maximum atomic E-state index is 13.3. The van der Waals surface area contributed by atoms with Gasteiger partial charge < -0.3 is 9.64 Å². The molecule has 1 saturated carbocycles. The molecule has 3 aromatic rings. The number of hydrogen-bond acceptors (Lipinski definition) is 6. The van der Waals surface area contributed by atoms with Gasteiger partial charge in [-0.25, -0.2) is 15.0 Å². The second-order valence-electron chi connectivity index (χ2n) is 8.47. The Kier molecular flexibility index (Phi) is 6.80. The third-order valence-electron chi connectivity index (χ3n) is 6.29. The van der Waals surface area contributed by atoms with Gasteiger partial charge in [0, 0.05) is 31.2 Å². The van der Waals surface area contributed by atoms with Crippen LogP contribution in [-0.4, -0.2) is 39.9 Å². The Labute approximate surface area is 187 Å². The Balaban J connectivity index is 1.53. The fourth-order valence-electron chi connectivity index (χ4n) is 4.53. The van der Waals surface area contributed by atoms with Gasteiger partial charge in [-0.05, 0) is 42.9 Å². The highest BCUT2D eigenvalue weighted by Gasteiger charge is 2.23. The van der Waals surface area contributed by atoms with E-state index in [4.69, 9.17) is 4.74 Å². The lowest BCUT2D eigenvalue weighted by Gasteiger charge is -2.21. The second kappa shape index (κ2) is 9.73. The monoisotopic (exact) mass is 438 g/mol. The van der Waals surface area contributed by atoms with Crippen molar-refractivity contribution in [2.24, 2.45) is 5.92 Å². The van der Waals surface area contributed by atoms with Gasteiger partial charge in [0.2, 0.25) is 5.88 Å². The van der Waals surface area contributed by atoms with E-state index in [9.17, 15) is 4.79 Å². The average Bonchev–Trinajstić information content (AvgIpc) is 3.15. The molecule has 1 aliphatic carbocycles. The highest BCUT2D eigenvalue weighted by molar-refractivity contribution is 7.20. The molecule has 1 fully saturated rings. The highest BCUT2D eigenvalue weighted by Crippen LogP contribution is 2.34. The number of thiophene rings is 1. The molecule has 0 unspecified atom stereocenters. The zero-order valence-electron chi connectivity index (χ0n) is 18.6. The smallest absolute Gasteiger partial charge is 0.264 e. The first kappa shape index (κ1) is 21.7. The fourth-order valence-corrected chi connectivity index (χ4v) is 5.70. The van der Waals surface area contributed by atoms with Crippen molar-refractivity contribution in [2.75, 3.05) is 14.2 Å². The van der Waals surface area contributed by atoms with Crippen molar-refractivity contribution in [3.05, 3.63) is 46.4 Å². The quantitative estimate of drug-likeness (QED) is 0.508. The van der Waals surface area contributed by atoms with Crippen molar-refractivity contribution in [3.8, 4) is 5.88 Å². The predicted molar refractivity (Wildman–Crippen MR) is 124 cm³/mol. The van der Waals surface area contributed by atoms with E-state index in [1.54, 1.807) is 24.5 Å². The molecule has 0 radical (unpaired) electrons. The van der Waals surface area contributed by atoms with Gasteiger partial charge in [0.05, 0.1) is 17.7 Å². The standard InChI is InChI=1S/C24H30N4O2S/c1-16-21-19(10-9-17-7-5-4-6-8-17)26-15-27-23(21)31-22(16)24(29)28(2)14-18-11-12-25-20(13-18)30-3/h11-13,15,17H,4-10,14H2,1-3H3. The van der Waals surface area contributed by atoms with Crippen molar-refractivity contribution < 1.29 is 9.53 Å². The van der Waals surface area contributed by atoms with Crippen LogP contribution in [0.15, 0.2) is 24.7 Å². The van der Waals surface area contributed by atoms with Crippen molar-refractivity contribution in [2.45, 2.75) is 58.4 Å². The van der Waals surface area contributed by atoms with Crippen molar-refractivity contribution in [1.82, 2.24) is 19.9 Å². The number of fused-ring (bicyclic) bond motifs is 1.